The van der Waals surface area contributed by atoms with Crippen LogP contribution in [-0.2, 0) is 25.7 Å². The second-order valence-electron chi connectivity index (χ2n) is 19.3. The smallest absolute Gasteiger partial charge is 0.0464 e. The lowest BCUT2D eigenvalue weighted by atomic mass is 9.91. The third-order valence-corrected chi connectivity index (χ3v) is 14.5. The summed E-state index contributed by atoms with van der Waals surface area (Å²) >= 11 is 0. The standard InChI is InChI=1S/C68H61N3/c1-50-21-36-66(47-51(50)2)71(64-41-30-54(31-42-64)24-22-52-26-37-62(38-27-52)69(60-17-5-3-6-18-60)67-45-34-56-13-9-11-15-58(56)48-67)65-43-32-55(33-44-65)25-23-53-28-39-63(40-29-53)70(61-19-7-4-8-20-61)68-46-35-57-14-10-12-16-59(57)49-68/h3-8,17-49H,9-16H2,1-2H3/b24-22+,25-23+. The average molecular weight is 920 g/mol. The van der Waals surface area contributed by atoms with Gasteiger partial charge in [0.2, 0.25) is 0 Å². The first kappa shape index (κ1) is 45.3. The van der Waals surface area contributed by atoms with Crippen molar-refractivity contribution in [1.29, 1.82) is 0 Å². The highest BCUT2D eigenvalue weighted by atomic mass is 15.2. The number of fused-ring (bicyclic) bond motifs is 2. The van der Waals surface area contributed by atoms with Crippen LogP contribution in [0.2, 0.25) is 0 Å². The van der Waals surface area contributed by atoms with Crippen molar-refractivity contribution >= 4 is 75.5 Å². The molecule has 0 fully saturated rings. The largest absolute Gasteiger partial charge is 0.310 e. The minimum absolute atomic E-state index is 1.11. The van der Waals surface area contributed by atoms with E-state index in [1.54, 1.807) is 0 Å². The average Bonchev–Trinajstić information content (AvgIpc) is 3.43. The highest BCUT2D eigenvalue weighted by Crippen LogP contribution is 2.40. The van der Waals surface area contributed by atoms with E-state index < -0.39 is 0 Å². The maximum absolute atomic E-state index is 2.41. The van der Waals surface area contributed by atoms with Crippen molar-refractivity contribution in [2.45, 2.75) is 65.2 Å². The van der Waals surface area contributed by atoms with Gasteiger partial charge in [-0.15, -0.1) is 0 Å². The minimum Gasteiger partial charge on any atom is -0.310 e. The molecule has 348 valence electrons. The molecular weight excluding hydrogens is 859 g/mol. The van der Waals surface area contributed by atoms with E-state index in [0.717, 1.165) is 63.5 Å². The van der Waals surface area contributed by atoms with E-state index in [1.165, 1.54) is 94.7 Å². The third-order valence-electron chi connectivity index (χ3n) is 14.5. The number of aryl methyl sites for hydroxylation is 6. The van der Waals surface area contributed by atoms with Crippen LogP contribution >= 0.6 is 0 Å². The quantitative estimate of drug-likeness (QED) is 0.107. The predicted molar refractivity (Wildman–Crippen MR) is 304 cm³/mol. The Morgan fingerprint density at radius 3 is 0.873 bits per heavy atom. The van der Waals surface area contributed by atoms with Gasteiger partial charge in [-0.1, -0.05) is 127 Å². The number of benzene rings is 9. The van der Waals surface area contributed by atoms with Crippen molar-refractivity contribution in [1.82, 2.24) is 0 Å². The van der Waals surface area contributed by atoms with Crippen LogP contribution in [0.25, 0.3) is 24.3 Å². The van der Waals surface area contributed by atoms with Crippen molar-refractivity contribution < 1.29 is 0 Å². The second kappa shape index (κ2) is 20.8. The van der Waals surface area contributed by atoms with Gasteiger partial charge in [0, 0.05) is 51.2 Å². The van der Waals surface area contributed by atoms with Crippen molar-refractivity contribution in [2.24, 2.45) is 0 Å². The first-order valence-electron chi connectivity index (χ1n) is 25.6. The summed E-state index contributed by atoms with van der Waals surface area (Å²) in [6, 6.07) is 77.9. The molecule has 0 N–H and O–H groups in total. The van der Waals surface area contributed by atoms with Crippen LogP contribution in [0.15, 0.2) is 212 Å². The first-order valence-corrected chi connectivity index (χ1v) is 25.6. The Labute approximate surface area is 421 Å². The third kappa shape index (κ3) is 10.3. The molecule has 0 atom stereocenters. The van der Waals surface area contributed by atoms with E-state index in [4.69, 9.17) is 0 Å². The Hall–Kier alpha value is -8.14. The monoisotopic (exact) mass is 919 g/mol. The summed E-state index contributed by atoms with van der Waals surface area (Å²) < 4.78 is 0. The summed E-state index contributed by atoms with van der Waals surface area (Å²) in [4.78, 5) is 7.11. The van der Waals surface area contributed by atoms with Gasteiger partial charge in [0.15, 0.2) is 0 Å². The van der Waals surface area contributed by atoms with E-state index in [-0.39, 0.29) is 0 Å². The molecule has 0 aliphatic heterocycles. The lowest BCUT2D eigenvalue weighted by Crippen LogP contribution is -2.11. The maximum Gasteiger partial charge on any atom is 0.0464 e. The molecular formula is C68H61N3. The van der Waals surface area contributed by atoms with Gasteiger partial charge in [-0.25, -0.2) is 0 Å². The van der Waals surface area contributed by atoms with Gasteiger partial charge in [-0.05, 0) is 230 Å². The molecule has 71 heavy (non-hydrogen) atoms. The fraction of sp³-hybridized carbons (Fsp3) is 0.147. The Morgan fingerprint density at radius 1 is 0.254 bits per heavy atom. The SMILES string of the molecule is Cc1ccc(N(c2ccc(/C=C/c3ccc(N(c4ccccc4)c4ccc5c(c4)CCCC5)cc3)cc2)c2ccc(/C=C/c3ccc(N(c4ccccc4)c4ccc5c(c4)CCCC5)cc3)cc2)cc1C. The molecule has 9 aromatic carbocycles. The number of anilines is 9. The molecule has 0 spiro atoms. The van der Waals surface area contributed by atoms with Gasteiger partial charge >= 0.3 is 0 Å². The minimum atomic E-state index is 1.11. The van der Waals surface area contributed by atoms with E-state index >= 15 is 0 Å². The van der Waals surface area contributed by atoms with Crippen LogP contribution in [0.3, 0.4) is 0 Å². The van der Waals surface area contributed by atoms with Crippen LogP contribution in [-0.4, -0.2) is 0 Å². The van der Waals surface area contributed by atoms with E-state index in [1.807, 2.05) is 0 Å². The molecule has 3 heteroatoms. The van der Waals surface area contributed by atoms with Crippen LogP contribution in [0.4, 0.5) is 51.2 Å². The van der Waals surface area contributed by atoms with Crippen LogP contribution < -0.4 is 14.7 Å². The van der Waals surface area contributed by atoms with Gasteiger partial charge in [-0.2, -0.15) is 0 Å². The number of nitrogens with zero attached hydrogens (tertiary/aromatic N) is 3. The summed E-state index contributed by atoms with van der Waals surface area (Å²) in [7, 11) is 0. The molecule has 0 bridgehead atoms. The van der Waals surface area contributed by atoms with Gasteiger partial charge in [0.25, 0.3) is 0 Å². The summed E-state index contributed by atoms with van der Waals surface area (Å²) in [5, 5.41) is 0. The summed E-state index contributed by atoms with van der Waals surface area (Å²) in [5.41, 5.74) is 23.6. The summed E-state index contributed by atoms with van der Waals surface area (Å²) in [5.74, 6) is 0. The summed E-state index contributed by atoms with van der Waals surface area (Å²) in [6.07, 6.45) is 18.7. The molecule has 0 radical (unpaired) electrons. The summed E-state index contributed by atoms with van der Waals surface area (Å²) in [6.45, 7) is 4.37. The van der Waals surface area contributed by atoms with Gasteiger partial charge in [0.05, 0.1) is 0 Å². The highest BCUT2D eigenvalue weighted by Gasteiger charge is 2.19. The number of hydrogen-bond acceptors (Lipinski definition) is 3. The first-order chi connectivity index (χ1) is 35.0. The number of rotatable bonds is 13. The molecule has 0 saturated heterocycles. The predicted octanol–water partition coefficient (Wildman–Crippen LogP) is 18.8. The lowest BCUT2D eigenvalue weighted by Gasteiger charge is -2.27. The second-order valence-corrected chi connectivity index (χ2v) is 19.3. The molecule has 0 saturated carbocycles. The van der Waals surface area contributed by atoms with Gasteiger partial charge < -0.3 is 14.7 Å². The molecule has 2 aliphatic carbocycles. The molecule has 3 nitrogen and oxygen atoms in total. The molecule has 0 heterocycles. The van der Waals surface area contributed by atoms with Crippen LogP contribution in [0.5, 0.6) is 0 Å². The van der Waals surface area contributed by atoms with Crippen molar-refractivity contribution in [3.63, 3.8) is 0 Å². The number of hydrogen-bond donors (Lipinski definition) is 0. The van der Waals surface area contributed by atoms with Gasteiger partial charge in [-0.3, -0.25) is 0 Å². The fourth-order valence-corrected chi connectivity index (χ4v) is 10.4. The highest BCUT2D eigenvalue weighted by molar-refractivity contribution is 5.83. The molecule has 11 rings (SSSR count). The van der Waals surface area contributed by atoms with Gasteiger partial charge in [0.1, 0.15) is 0 Å². The topological polar surface area (TPSA) is 9.72 Å². The molecule has 0 amide bonds. The van der Waals surface area contributed by atoms with Crippen molar-refractivity contribution in [3.8, 4) is 0 Å². The Bertz CT molecular complexity index is 3100. The fourth-order valence-electron chi connectivity index (χ4n) is 10.4. The van der Waals surface area contributed by atoms with Crippen molar-refractivity contribution in [3.05, 3.63) is 268 Å². The van der Waals surface area contributed by atoms with E-state index in [0.29, 0.717) is 0 Å². The Morgan fingerprint density at radius 2 is 0.535 bits per heavy atom. The molecule has 0 unspecified atom stereocenters. The molecule has 9 aromatic rings. The van der Waals surface area contributed by atoms with Crippen LogP contribution in [0, 0.1) is 13.8 Å². The maximum atomic E-state index is 2.41. The number of para-hydroxylation sites is 2. The zero-order valence-electron chi connectivity index (χ0n) is 41.0. The van der Waals surface area contributed by atoms with Crippen molar-refractivity contribution in [2.75, 3.05) is 14.7 Å². The van der Waals surface area contributed by atoms with E-state index in [9.17, 15) is 0 Å². The zero-order chi connectivity index (χ0) is 47.9. The Balaban J connectivity index is 0.800. The lowest BCUT2D eigenvalue weighted by molar-refractivity contribution is 0.685. The Kier molecular flexibility index (Phi) is 13.3. The normalized spacial score (nSPS) is 13.2. The van der Waals surface area contributed by atoms with E-state index in [2.05, 4.69) is 265 Å². The zero-order valence-corrected chi connectivity index (χ0v) is 41.0. The molecule has 2 aliphatic rings. The molecule has 0 aromatic heterocycles. The van der Waals surface area contributed by atoms with Crippen LogP contribution in [0.1, 0.15) is 81.3 Å².